The molecule has 0 radical (unpaired) electrons. The van der Waals surface area contributed by atoms with E-state index in [1.165, 1.54) is 44.1 Å². The second-order valence-electron chi connectivity index (χ2n) is 13.6. The Bertz CT molecular complexity index is 2810. The van der Waals surface area contributed by atoms with Crippen molar-refractivity contribution >= 4 is 43.6 Å². The normalized spacial score (nSPS) is 11.6. The Balaban J connectivity index is 0.00000387. The molecule has 9 rings (SSSR count). The number of rotatable bonds is 5. The van der Waals surface area contributed by atoms with Crippen LogP contribution >= 0.6 is 0 Å². The predicted octanol–water partition coefficient (Wildman–Crippen LogP) is 10.4. The zero-order chi connectivity index (χ0) is 35.1. The van der Waals surface area contributed by atoms with Crippen LogP contribution in [0.4, 0.5) is 0 Å². The van der Waals surface area contributed by atoms with Gasteiger partial charge in [0.05, 0.1) is 28.1 Å². The molecule has 0 bridgehead atoms. The van der Waals surface area contributed by atoms with E-state index in [1.807, 2.05) is 45.2 Å². The van der Waals surface area contributed by atoms with Gasteiger partial charge in [-0.05, 0) is 87.0 Å². The molecule has 0 saturated heterocycles. The van der Waals surface area contributed by atoms with Gasteiger partial charge >= 0.3 is 21.1 Å². The minimum absolute atomic E-state index is 0. The molecule has 7 nitrogen and oxygen atoms in total. The van der Waals surface area contributed by atoms with Crippen LogP contribution in [-0.4, -0.2) is 29.1 Å². The average molecular weight is 860 g/mol. The van der Waals surface area contributed by atoms with E-state index in [1.54, 1.807) is 4.68 Å². The zero-order valence-electron chi connectivity index (χ0n) is 30.1. The van der Waals surface area contributed by atoms with Gasteiger partial charge in [0.2, 0.25) is 0 Å². The number of aromatic nitrogens is 6. The van der Waals surface area contributed by atoms with Gasteiger partial charge in [-0.1, -0.05) is 60.1 Å². The van der Waals surface area contributed by atoms with E-state index in [-0.39, 0.29) is 21.1 Å². The summed E-state index contributed by atoms with van der Waals surface area (Å²) >= 11 is 0. The minimum atomic E-state index is 0. The molecule has 0 aliphatic heterocycles. The fourth-order valence-corrected chi connectivity index (χ4v) is 7.41. The predicted molar refractivity (Wildman–Crippen MR) is 205 cm³/mol. The molecule has 0 spiro atoms. The SMILES string of the molecule is Cc1cc(Oc2[c-]c3c(cc2)c2ccccc2n3-c2cc(-n3c4c(C)c(C)ccc4c4ccc(C)c(C)c43)ccn2)[c-]c(-n2nnc(C)c2C)c1.[Pt+2]. The van der Waals surface area contributed by atoms with Crippen molar-refractivity contribution < 1.29 is 25.8 Å². The molecule has 0 amide bonds. The van der Waals surface area contributed by atoms with Gasteiger partial charge in [0.25, 0.3) is 0 Å². The fourth-order valence-electron chi connectivity index (χ4n) is 7.41. The van der Waals surface area contributed by atoms with Crippen molar-refractivity contribution in [1.29, 1.82) is 0 Å². The molecule has 4 heterocycles. The van der Waals surface area contributed by atoms with Crippen LogP contribution in [-0.2, 0) is 21.1 Å². The monoisotopic (exact) mass is 859 g/mol. The van der Waals surface area contributed by atoms with Crippen LogP contribution in [0.5, 0.6) is 11.5 Å². The smallest absolute Gasteiger partial charge is 0.509 e. The Kier molecular flexibility index (Phi) is 8.15. The van der Waals surface area contributed by atoms with Crippen LogP contribution < -0.4 is 4.74 Å². The third-order valence-electron chi connectivity index (χ3n) is 10.5. The summed E-state index contributed by atoms with van der Waals surface area (Å²) in [5.74, 6) is 1.97. The van der Waals surface area contributed by atoms with Crippen molar-refractivity contribution in [3.63, 3.8) is 0 Å². The summed E-state index contributed by atoms with van der Waals surface area (Å²) in [7, 11) is 0. The molecule has 52 heavy (non-hydrogen) atoms. The number of nitrogens with zero attached hydrogens (tertiary/aromatic N) is 6. The number of benzene rings is 5. The summed E-state index contributed by atoms with van der Waals surface area (Å²) in [5.41, 5.74) is 14.2. The standard InChI is InChI=1S/C44H36N6O.Pt/c1-25-20-33(50-31(7)30(6)46-47-50)22-35(21-25)51-34-14-17-37-36-10-8-9-11-40(36)49(41(37)24-34)42-23-32(18-19-45-42)48-43-28(4)26(2)12-15-38(43)39-16-13-27(3)29(5)44(39)48;/h8-21,23H,1-7H3;/q-2;+2. The second-order valence-corrected chi connectivity index (χ2v) is 13.6. The Morgan fingerprint density at radius 1 is 0.635 bits per heavy atom. The first-order valence-electron chi connectivity index (χ1n) is 17.2. The Morgan fingerprint density at radius 3 is 2.02 bits per heavy atom. The fraction of sp³-hybridized carbons (Fsp3) is 0.159. The van der Waals surface area contributed by atoms with E-state index < -0.39 is 0 Å². The zero-order valence-corrected chi connectivity index (χ0v) is 32.3. The quantitative estimate of drug-likeness (QED) is 0.162. The first-order chi connectivity index (χ1) is 24.7. The topological polar surface area (TPSA) is 62.7 Å². The number of pyridine rings is 1. The molecule has 0 fully saturated rings. The van der Waals surface area contributed by atoms with Crippen LogP contribution in [0, 0.1) is 60.6 Å². The number of para-hydroxylation sites is 1. The Morgan fingerprint density at radius 2 is 1.33 bits per heavy atom. The van der Waals surface area contributed by atoms with E-state index in [4.69, 9.17) is 9.72 Å². The Hall–Kier alpha value is -5.52. The van der Waals surface area contributed by atoms with Crippen molar-refractivity contribution in [1.82, 2.24) is 29.1 Å². The van der Waals surface area contributed by atoms with Crippen molar-refractivity contribution in [3.05, 3.63) is 142 Å². The number of hydrogen-bond donors (Lipinski definition) is 0. The molecule has 0 aliphatic carbocycles. The molecule has 0 N–H and O–H groups in total. The first kappa shape index (κ1) is 33.6. The minimum Gasteiger partial charge on any atom is -0.509 e. The van der Waals surface area contributed by atoms with E-state index in [9.17, 15) is 0 Å². The molecule has 0 aliphatic rings. The first-order valence-corrected chi connectivity index (χ1v) is 17.2. The summed E-state index contributed by atoms with van der Waals surface area (Å²) in [5, 5.41) is 13.3. The van der Waals surface area contributed by atoms with E-state index in [0.29, 0.717) is 11.5 Å². The largest absolute Gasteiger partial charge is 2.00 e. The van der Waals surface area contributed by atoms with Gasteiger partial charge in [0.15, 0.2) is 0 Å². The van der Waals surface area contributed by atoms with Crippen molar-refractivity contribution in [3.8, 4) is 28.7 Å². The third-order valence-corrected chi connectivity index (χ3v) is 10.5. The van der Waals surface area contributed by atoms with Gasteiger partial charge in [0.1, 0.15) is 5.82 Å². The maximum absolute atomic E-state index is 6.48. The van der Waals surface area contributed by atoms with Crippen LogP contribution in [0.2, 0.25) is 0 Å². The summed E-state index contributed by atoms with van der Waals surface area (Å²) in [6, 6.07) is 36.8. The van der Waals surface area contributed by atoms with Gasteiger partial charge in [-0.3, -0.25) is 0 Å². The molecule has 258 valence electrons. The molecule has 8 heteroatoms. The van der Waals surface area contributed by atoms with Crippen LogP contribution in [0.15, 0.2) is 91.1 Å². The molecular weight excluding hydrogens is 824 g/mol. The molecule has 5 aromatic carbocycles. The number of fused-ring (bicyclic) bond motifs is 6. The molecule has 0 saturated carbocycles. The van der Waals surface area contributed by atoms with Crippen molar-refractivity contribution in [2.24, 2.45) is 0 Å². The molecule has 0 atom stereocenters. The van der Waals surface area contributed by atoms with Crippen molar-refractivity contribution in [2.45, 2.75) is 48.5 Å². The van der Waals surface area contributed by atoms with Gasteiger partial charge in [-0.15, -0.1) is 40.8 Å². The van der Waals surface area contributed by atoms with E-state index in [2.05, 4.69) is 126 Å². The van der Waals surface area contributed by atoms with Crippen LogP contribution in [0.1, 0.15) is 39.2 Å². The van der Waals surface area contributed by atoms with Gasteiger partial charge < -0.3 is 13.9 Å². The second kappa shape index (κ2) is 12.6. The average Bonchev–Trinajstić information content (AvgIpc) is 3.76. The molecule has 0 unspecified atom stereocenters. The van der Waals surface area contributed by atoms with Gasteiger partial charge in [-0.25, -0.2) is 9.67 Å². The Labute approximate surface area is 316 Å². The van der Waals surface area contributed by atoms with Gasteiger partial charge in [-0.2, -0.15) is 11.6 Å². The van der Waals surface area contributed by atoms with E-state index in [0.717, 1.165) is 55.9 Å². The molecule has 4 aromatic heterocycles. The summed E-state index contributed by atoms with van der Waals surface area (Å²) in [4.78, 5) is 4.98. The summed E-state index contributed by atoms with van der Waals surface area (Å²) in [6.45, 7) is 14.8. The van der Waals surface area contributed by atoms with Gasteiger partial charge in [0, 0.05) is 40.1 Å². The third kappa shape index (κ3) is 5.17. The maximum Gasteiger partial charge on any atom is 2.00 e. The van der Waals surface area contributed by atoms with Crippen LogP contribution in [0.3, 0.4) is 0 Å². The van der Waals surface area contributed by atoms with E-state index >= 15 is 0 Å². The van der Waals surface area contributed by atoms with Crippen LogP contribution in [0.25, 0.3) is 60.8 Å². The number of aryl methyl sites for hydroxylation is 6. The number of ether oxygens (including phenoxy) is 1. The van der Waals surface area contributed by atoms with Crippen molar-refractivity contribution in [2.75, 3.05) is 0 Å². The maximum atomic E-state index is 6.48. The summed E-state index contributed by atoms with van der Waals surface area (Å²) < 4.78 is 12.9. The molecular formula is C44H36N6OPt. The summed E-state index contributed by atoms with van der Waals surface area (Å²) in [6.07, 6.45) is 1.91. The molecule has 9 aromatic rings. The number of hydrogen-bond acceptors (Lipinski definition) is 4.